The molecule has 1 atom stereocenters. The number of hydrogen-bond donors (Lipinski definition) is 1. The Morgan fingerprint density at radius 1 is 1.55 bits per heavy atom. The quantitative estimate of drug-likeness (QED) is 0.711. The van der Waals surface area contributed by atoms with E-state index in [4.69, 9.17) is 5.11 Å². The number of carbonyl (C=O) groups is 1. The van der Waals surface area contributed by atoms with E-state index in [-0.39, 0.29) is 5.25 Å². The summed E-state index contributed by atoms with van der Waals surface area (Å²) in [6, 6.07) is 0. The Hall–Kier alpha value is -0.180. The summed E-state index contributed by atoms with van der Waals surface area (Å²) < 4.78 is 0. The average Bonchev–Trinajstić information content (AvgIpc) is 2.40. The van der Waals surface area contributed by atoms with Gasteiger partial charge in [-0.05, 0) is 25.0 Å². The number of thioether (sulfide) groups is 1. The van der Waals surface area contributed by atoms with Crippen molar-refractivity contribution < 1.29 is 9.90 Å². The van der Waals surface area contributed by atoms with Gasteiger partial charge in [0, 0.05) is 0 Å². The second kappa shape index (κ2) is 4.00. The smallest absolute Gasteiger partial charge is 0.316 e. The van der Waals surface area contributed by atoms with Gasteiger partial charge in [-0.15, -0.1) is 11.8 Å². The van der Waals surface area contributed by atoms with Gasteiger partial charge in [0.05, 0.1) is 0 Å². The van der Waals surface area contributed by atoms with E-state index in [2.05, 4.69) is 0 Å². The van der Waals surface area contributed by atoms with Crippen LogP contribution in [0.25, 0.3) is 0 Å². The van der Waals surface area contributed by atoms with Crippen LogP contribution >= 0.6 is 11.8 Å². The van der Waals surface area contributed by atoms with Crippen LogP contribution in [-0.4, -0.2) is 22.6 Å². The van der Waals surface area contributed by atoms with Crippen molar-refractivity contribution in [1.29, 1.82) is 0 Å². The molecule has 1 unspecified atom stereocenters. The lowest BCUT2D eigenvalue weighted by molar-refractivity contribution is -0.137. The van der Waals surface area contributed by atoms with Gasteiger partial charge in [-0.2, -0.15) is 0 Å². The molecule has 0 aliphatic heterocycles. The van der Waals surface area contributed by atoms with Gasteiger partial charge in [0.2, 0.25) is 0 Å². The molecule has 2 nitrogen and oxygen atoms in total. The average molecular weight is 174 g/mol. The number of carboxylic acid groups (broad SMARTS) is 1. The normalized spacial score (nSPS) is 21.9. The summed E-state index contributed by atoms with van der Waals surface area (Å²) >= 11 is 1.48. The van der Waals surface area contributed by atoms with E-state index in [1.54, 1.807) is 0 Å². The zero-order valence-electron chi connectivity index (χ0n) is 6.75. The Kier molecular flexibility index (Phi) is 3.24. The van der Waals surface area contributed by atoms with Crippen molar-refractivity contribution in [1.82, 2.24) is 0 Å². The molecule has 1 aliphatic carbocycles. The molecule has 0 spiro atoms. The first-order valence-corrected chi connectivity index (χ1v) is 5.30. The van der Waals surface area contributed by atoms with Crippen molar-refractivity contribution >= 4 is 17.7 Å². The molecular weight excluding hydrogens is 160 g/mol. The van der Waals surface area contributed by atoms with Gasteiger partial charge in [-0.25, -0.2) is 0 Å². The Bertz CT molecular complexity index is 141. The van der Waals surface area contributed by atoms with E-state index >= 15 is 0 Å². The molecule has 0 aromatic heterocycles. The molecule has 3 heteroatoms. The molecule has 64 valence electrons. The summed E-state index contributed by atoms with van der Waals surface area (Å²) in [5, 5.41) is 8.66. The summed E-state index contributed by atoms with van der Waals surface area (Å²) in [7, 11) is 0. The summed E-state index contributed by atoms with van der Waals surface area (Å²) in [4.78, 5) is 10.7. The summed E-state index contributed by atoms with van der Waals surface area (Å²) in [6.07, 6.45) is 6.54. The second-order valence-corrected chi connectivity index (χ2v) is 4.02. The predicted octanol–water partition coefficient (Wildman–Crippen LogP) is 1.99. The SMILES string of the molecule is CSC(C(=O)O)C1CCCC1. The van der Waals surface area contributed by atoms with E-state index in [0.29, 0.717) is 5.92 Å². The molecule has 0 heterocycles. The third-order valence-electron chi connectivity index (χ3n) is 2.33. The largest absolute Gasteiger partial charge is 0.480 e. The lowest BCUT2D eigenvalue weighted by Gasteiger charge is -2.15. The van der Waals surface area contributed by atoms with Crippen LogP contribution in [0.5, 0.6) is 0 Å². The van der Waals surface area contributed by atoms with Gasteiger partial charge in [0.25, 0.3) is 0 Å². The van der Waals surface area contributed by atoms with E-state index in [1.165, 1.54) is 24.6 Å². The minimum absolute atomic E-state index is 0.155. The minimum atomic E-state index is -0.635. The van der Waals surface area contributed by atoms with Crippen LogP contribution in [0.4, 0.5) is 0 Å². The first kappa shape index (κ1) is 8.91. The highest BCUT2D eigenvalue weighted by Crippen LogP contribution is 2.32. The molecule has 0 aromatic carbocycles. The summed E-state index contributed by atoms with van der Waals surface area (Å²) in [5.74, 6) is -0.202. The predicted molar refractivity (Wildman–Crippen MR) is 46.9 cm³/mol. The molecule has 0 saturated heterocycles. The van der Waals surface area contributed by atoms with Gasteiger partial charge in [0.15, 0.2) is 0 Å². The molecule has 1 N–H and O–H groups in total. The number of rotatable bonds is 3. The Balaban J connectivity index is 2.46. The first-order valence-electron chi connectivity index (χ1n) is 4.01. The Morgan fingerprint density at radius 3 is 2.45 bits per heavy atom. The standard InChI is InChI=1S/C8H14O2S/c1-11-7(8(9)10)6-4-2-3-5-6/h6-7H,2-5H2,1H3,(H,9,10). The number of hydrogen-bond acceptors (Lipinski definition) is 2. The van der Waals surface area contributed by atoms with E-state index < -0.39 is 5.97 Å². The molecule has 0 radical (unpaired) electrons. The lowest BCUT2D eigenvalue weighted by atomic mass is 10.0. The highest BCUT2D eigenvalue weighted by atomic mass is 32.2. The van der Waals surface area contributed by atoms with Crippen LogP contribution in [0.15, 0.2) is 0 Å². The fourth-order valence-corrected chi connectivity index (χ4v) is 2.61. The summed E-state index contributed by atoms with van der Waals surface area (Å²) in [6.45, 7) is 0. The monoisotopic (exact) mass is 174 g/mol. The molecule has 0 amide bonds. The minimum Gasteiger partial charge on any atom is -0.480 e. The van der Waals surface area contributed by atoms with Crippen LogP contribution < -0.4 is 0 Å². The van der Waals surface area contributed by atoms with Crippen molar-refractivity contribution in [3.8, 4) is 0 Å². The molecule has 0 aromatic rings. The van der Waals surface area contributed by atoms with Gasteiger partial charge in [-0.1, -0.05) is 12.8 Å². The van der Waals surface area contributed by atoms with E-state index in [0.717, 1.165) is 12.8 Å². The van der Waals surface area contributed by atoms with Gasteiger partial charge >= 0.3 is 5.97 Å². The third kappa shape index (κ3) is 2.12. The number of aliphatic carboxylic acids is 1. The van der Waals surface area contributed by atoms with Crippen molar-refractivity contribution in [3.63, 3.8) is 0 Å². The van der Waals surface area contributed by atoms with E-state index in [1.807, 2.05) is 6.26 Å². The lowest BCUT2D eigenvalue weighted by Crippen LogP contribution is -2.24. The highest BCUT2D eigenvalue weighted by molar-refractivity contribution is 7.99. The van der Waals surface area contributed by atoms with Crippen LogP contribution in [0.2, 0.25) is 0 Å². The maximum absolute atomic E-state index is 10.7. The van der Waals surface area contributed by atoms with Crippen molar-refractivity contribution in [3.05, 3.63) is 0 Å². The Labute approximate surface area is 71.4 Å². The van der Waals surface area contributed by atoms with Crippen LogP contribution in [0.3, 0.4) is 0 Å². The van der Waals surface area contributed by atoms with Gasteiger partial charge in [0.1, 0.15) is 5.25 Å². The maximum atomic E-state index is 10.7. The highest BCUT2D eigenvalue weighted by Gasteiger charge is 2.29. The van der Waals surface area contributed by atoms with Crippen molar-refractivity contribution in [2.45, 2.75) is 30.9 Å². The van der Waals surface area contributed by atoms with Gasteiger partial charge in [-0.3, -0.25) is 4.79 Å². The Morgan fingerprint density at radius 2 is 2.09 bits per heavy atom. The molecule has 1 rings (SSSR count). The molecule has 1 fully saturated rings. The third-order valence-corrected chi connectivity index (χ3v) is 3.42. The molecule has 11 heavy (non-hydrogen) atoms. The molecule has 1 aliphatic rings. The zero-order valence-corrected chi connectivity index (χ0v) is 7.56. The van der Waals surface area contributed by atoms with Crippen molar-refractivity contribution in [2.24, 2.45) is 5.92 Å². The maximum Gasteiger partial charge on any atom is 0.316 e. The second-order valence-electron chi connectivity index (χ2n) is 3.04. The van der Waals surface area contributed by atoms with E-state index in [9.17, 15) is 4.79 Å². The molecule has 1 saturated carbocycles. The number of carboxylic acids is 1. The van der Waals surface area contributed by atoms with Crippen LogP contribution in [-0.2, 0) is 4.79 Å². The summed E-state index contributed by atoms with van der Waals surface area (Å²) in [5.41, 5.74) is 0. The van der Waals surface area contributed by atoms with Crippen LogP contribution in [0, 0.1) is 5.92 Å². The van der Waals surface area contributed by atoms with Crippen LogP contribution in [0.1, 0.15) is 25.7 Å². The zero-order chi connectivity index (χ0) is 8.27. The molecular formula is C8H14O2S. The first-order chi connectivity index (χ1) is 5.25. The topological polar surface area (TPSA) is 37.3 Å². The van der Waals surface area contributed by atoms with Crippen molar-refractivity contribution in [2.75, 3.05) is 6.26 Å². The fourth-order valence-electron chi connectivity index (χ4n) is 1.76. The fraction of sp³-hybridized carbons (Fsp3) is 0.875. The van der Waals surface area contributed by atoms with Gasteiger partial charge < -0.3 is 5.11 Å². The molecule has 0 bridgehead atoms.